The van der Waals surface area contributed by atoms with Gasteiger partial charge in [0.05, 0.1) is 16.6 Å². The maximum atomic E-state index is 13.0. The van der Waals surface area contributed by atoms with E-state index in [1.807, 2.05) is 54.0 Å². The van der Waals surface area contributed by atoms with E-state index in [0.717, 1.165) is 57.6 Å². The molecule has 2 aromatic carbocycles. The first-order chi connectivity index (χ1) is 14.1. The van der Waals surface area contributed by atoms with Crippen molar-refractivity contribution < 1.29 is 9.53 Å². The lowest BCUT2D eigenvalue weighted by Gasteiger charge is -2.24. The van der Waals surface area contributed by atoms with Crippen molar-refractivity contribution in [2.24, 2.45) is 0 Å². The number of rotatable bonds is 3. The van der Waals surface area contributed by atoms with Crippen molar-refractivity contribution >= 4 is 55.0 Å². The molecule has 4 aromatic rings. The first-order valence-electron chi connectivity index (χ1n) is 10.2. The summed E-state index contributed by atoms with van der Waals surface area (Å²) in [6, 6.07) is 13.4. The van der Waals surface area contributed by atoms with E-state index in [4.69, 9.17) is 14.7 Å². The van der Waals surface area contributed by atoms with Crippen LogP contribution in [0.4, 0.5) is 0 Å². The van der Waals surface area contributed by atoms with Crippen LogP contribution >= 0.6 is 15.9 Å². The predicted molar refractivity (Wildman–Crippen MR) is 118 cm³/mol. The summed E-state index contributed by atoms with van der Waals surface area (Å²) in [5, 5.41) is 0.977. The van der Waals surface area contributed by atoms with Crippen molar-refractivity contribution in [2.75, 3.05) is 0 Å². The second-order valence-electron chi connectivity index (χ2n) is 7.79. The molecule has 1 aliphatic rings. The molecule has 0 aliphatic heterocycles. The lowest BCUT2D eigenvalue weighted by molar-refractivity contribution is -0.153. The highest BCUT2D eigenvalue weighted by Gasteiger charge is 2.27. The average Bonchev–Trinajstić information content (AvgIpc) is 3.04. The number of carbonyl (C=O) groups is 1. The molecule has 0 bridgehead atoms. The Morgan fingerprint density at radius 3 is 2.59 bits per heavy atom. The maximum absolute atomic E-state index is 13.0. The summed E-state index contributed by atoms with van der Waals surface area (Å²) in [7, 11) is 0. The fourth-order valence-corrected chi connectivity index (χ4v) is 4.67. The fraction of sp³-hybridized carbons (Fsp3) is 0.348. The topological polar surface area (TPSA) is 57.0 Å². The molecule has 1 fully saturated rings. The van der Waals surface area contributed by atoms with E-state index >= 15 is 0 Å². The molecular formula is C23H22BrN3O2. The number of hydrogen-bond acceptors (Lipinski definition) is 4. The van der Waals surface area contributed by atoms with Crippen molar-refractivity contribution in [1.29, 1.82) is 0 Å². The van der Waals surface area contributed by atoms with E-state index in [1.54, 1.807) is 0 Å². The second-order valence-corrected chi connectivity index (χ2v) is 8.70. The molecule has 29 heavy (non-hydrogen) atoms. The van der Waals surface area contributed by atoms with Gasteiger partial charge in [0.2, 0.25) is 0 Å². The van der Waals surface area contributed by atoms with Crippen LogP contribution in [0, 0.1) is 0 Å². The van der Waals surface area contributed by atoms with Crippen molar-refractivity contribution in [1.82, 2.24) is 14.5 Å². The first kappa shape index (κ1) is 18.6. The molecule has 0 saturated heterocycles. The number of fused-ring (bicyclic) bond motifs is 4. The Labute approximate surface area is 177 Å². The van der Waals surface area contributed by atoms with Crippen LogP contribution in [0.5, 0.6) is 0 Å². The molecule has 6 heteroatoms. The number of halogens is 1. The average molecular weight is 452 g/mol. The second kappa shape index (κ2) is 7.41. The lowest BCUT2D eigenvalue weighted by atomic mass is 9.98. The van der Waals surface area contributed by atoms with Crippen LogP contribution in [0.2, 0.25) is 0 Å². The third kappa shape index (κ3) is 3.29. The summed E-state index contributed by atoms with van der Waals surface area (Å²) in [6.45, 7) is 1.89. The van der Waals surface area contributed by atoms with Crippen molar-refractivity contribution in [3.63, 3.8) is 0 Å². The van der Waals surface area contributed by atoms with Crippen LogP contribution in [-0.2, 0) is 9.53 Å². The Morgan fingerprint density at radius 1 is 1.10 bits per heavy atom. The molecule has 0 N–H and O–H groups in total. The largest absolute Gasteiger partial charge is 0.461 e. The third-order valence-electron chi connectivity index (χ3n) is 5.82. The zero-order chi connectivity index (χ0) is 20.0. The molecule has 2 aromatic heterocycles. The molecule has 5 nitrogen and oxygen atoms in total. The molecule has 1 saturated carbocycles. The Morgan fingerprint density at radius 2 is 1.83 bits per heavy atom. The molecule has 0 spiro atoms. The van der Waals surface area contributed by atoms with Gasteiger partial charge >= 0.3 is 5.97 Å². The van der Waals surface area contributed by atoms with Crippen LogP contribution < -0.4 is 0 Å². The minimum atomic E-state index is -0.478. The normalized spacial score (nSPS) is 16.5. The quantitative estimate of drug-likeness (QED) is 0.361. The highest BCUT2D eigenvalue weighted by molar-refractivity contribution is 9.10. The van der Waals surface area contributed by atoms with Gasteiger partial charge in [-0.1, -0.05) is 34.5 Å². The molecule has 1 unspecified atom stereocenters. The van der Waals surface area contributed by atoms with E-state index in [2.05, 4.69) is 15.9 Å². The SMILES string of the molecule is CC(C(=O)OC1CCCCC1)n1c2ccc(Br)cc2c2nc3ccccc3nc21. The number of benzene rings is 2. The van der Waals surface area contributed by atoms with Crippen molar-refractivity contribution in [3.8, 4) is 0 Å². The van der Waals surface area contributed by atoms with Crippen molar-refractivity contribution in [3.05, 3.63) is 46.9 Å². The number of hydrogen-bond donors (Lipinski definition) is 0. The number of nitrogens with zero attached hydrogens (tertiary/aromatic N) is 3. The van der Waals surface area contributed by atoms with Gasteiger partial charge in [0.15, 0.2) is 5.65 Å². The molecule has 2 heterocycles. The summed E-state index contributed by atoms with van der Waals surface area (Å²) in [4.78, 5) is 22.8. The molecule has 5 rings (SSSR count). The molecule has 0 amide bonds. The zero-order valence-electron chi connectivity index (χ0n) is 16.3. The Kier molecular flexibility index (Phi) is 4.74. The Hall–Kier alpha value is -2.47. The van der Waals surface area contributed by atoms with E-state index in [1.165, 1.54) is 6.42 Å². The van der Waals surface area contributed by atoms with Gasteiger partial charge in [-0.3, -0.25) is 0 Å². The number of ether oxygens (including phenoxy) is 1. The van der Waals surface area contributed by atoms with Crippen LogP contribution in [0.15, 0.2) is 46.9 Å². The smallest absolute Gasteiger partial charge is 0.329 e. The number of aromatic nitrogens is 3. The summed E-state index contributed by atoms with van der Waals surface area (Å²) >= 11 is 3.56. The van der Waals surface area contributed by atoms with E-state index in [9.17, 15) is 4.79 Å². The minimum absolute atomic E-state index is 0.0350. The number of esters is 1. The third-order valence-corrected chi connectivity index (χ3v) is 6.31. The fourth-order valence-electron chi connectivity index (χ4n) is 4.30. The van der Waals surface area contributed by atoms with Crippen molar-refractivity contribution in [2.45, 2.75) is 51.2 Å². The summed E-state index contributed by atoms with van der Waals surface area (Å²) in [5.41, 5.74) is 4.11. The summed E-state index contributed by atoms with van der Waals surface area (Å²) < 4.78 is 8.81. The van der Waals surface area contributed by atoms with Crippen LogP contribution in [0.1, 0.15) is 45.1 Å². The maximum Gasteiger partial charge on any atom is 0.329 e. The van der Waals surface area contributed by atoms with Crippen LogP contribution in [0.3, 0.4) is 0 Å². The monoisotopic (exact) mass is 451 g/mol. The summed E-state index contributed by atoms with van der Waals surface area (Å²) in [6.07, 6.45) is 5.45. The van der Waals surface area contributed by atoms with Gasteiger partial charge in [-0.25, -0.2) is 14.8 Å². The van der Waals surface area contributed by atoms with Gasteiger partial charge < -0.3 is 9.30 Å². The molecule has 1 atom stereocenters. The Bertz CT molecular complexity index is 1230. The predicted octanol–water partition coefficient (Wildman–Crippen LogP) is 5.94. The number of carbonyl (C=O) groups excluding carboxylic acids is 1. The molecular weight excluding hydrogens is 430 g/mol. The van der Waals surface area contributed by atoms with Gasteiger partial charge in [0, 0.05) is 9.86 Å². The molecule has 148 valence electrons. The van der Waals surface area contributed by atoms with E-state index in [0.29, 0.717) is 5.65 Å². The van der Waals surface area contributed by atoms with Gasteiger partial charge in [-0.05, 0) is 62.9 Å². The van der Waals surface area contributed by atoms with E-state index < -0.39 is 6.04 Å². The van der Waals surface area contributed by atoms with Gasteiger partial charge in [0.1, 0.15) is 17.7 Å². The lowest BCUT2D eigenvalue weighted by Crippen LogP contribution is -2.26. The van der Waals surface area contributed by atoms with Crippen LogP contribution in [-0.4, -0.2) is 26.6 Å². The van der Waals surface area contributed by atoms with Gasteiger partial charge in [-0.2, -0.15) is 0 Å². The Balaban J connectivity index is 1.66. The number of para-hydroxylation sites is 2. The highest BCUT2D eigenvalue weighted by Crippen LogP contribution is 2.33. The highest BCUT2D eigenvalue weighted by atomic mass is 79.9. The van der Waals surface area contributed by atoms with Gasteiger partial charge in [0.25, 0.3) is 0 Å². The molecule has 0 radical (unpaired) electrons. The minimum Gasteiger partial charge on any atom is -0.461 e. The zero-order valence-corrected chi connectivity index (χ0v) is 17.9. The molecule has 1 aliphatic carbocycles. The first-order valence-corrected chi connectivity index (χ1v) is 11.0. The summed E-state index contributed by atoms with van der Waals surface area (Å²) in [5.74, 6) is -0.200. The standard InChI is InChI=1S/C23H22BrN3O2/c1-14(23(28)29-16-7-3-2-4-8-16)27-20-12-11-15(24)13-17(20)21-22(27)26-19-10-6-5-9-18(19)25-21/h5-6,9-14,16H,2-4,7-8H2,1H3. The van der Waals surface area contributed by atoms with E-state index in [-0.39, 0.29) is 12.1 Å². The van der Waals surface area contributed by atoms with Gasteiger partial charge in [-0.15, -0.1) is 0 Å². The van der Waals surface area contributed by atoms with Crippen LogP contribution in [0.25, 0.3) is 33.1 Å².